The average Bonchev–Trinajstić information content (AvgIpc) is 2.87. The second-order valence-corrected chi connectivity index (χ2v) is 8.44. The summed E-state index contributed by atoms with van der Waals surface area (Å²) in [5.74, 6) is 1.08. The van der Waals surface area contributed by atoms with Crippen LogP contribution in [-0.4, -0.2) is 38.0 Å². The molecule has 0 bridgehead atoms. The van der Waals surface area contributed by atoms with E-state index in [0.717, 1.165) is 67.7 Å². The Balaban J connectivity index is 1.28. The normalized spacial score (nSPS) is 17.1. The number of rotatable bonds is 8. The molecule has 1 aliphatic carbocycles. The van der Waals surface area contributed by atoms with Gasteiger partial charge in [0.05, 0.1) is 17.3 Å². The first-order valence-electron chi connectivity index (χ1n) is 11.5. The molecule has 1 saturated heterocycles. The predicted molar refractivity (Wildman–Crippen MR) is 124 cm³/mol. The summed E-state index contributed by atoms with van der Waals surface area (Å²) in [6.07, 6.45) is 4.77. The summed E-state index contributed by atoms with van der Waals surface area (Å²) < 4.78 is 11.1. The molecule has 1 amide bonds. The molecule has 1 heterocycles. The first-order chi connectivity index (χ1) is 16.2. The lowest BCUT2D eigenvalue weighted by Crippen LogP contribution is -2.35. The van der Waals surface area contributed by atoms with Crippen molar-refractivity contribution in [3.05, 3.63) is 64.7 Å². The molecule has 7 heteroatoms. The number of carbonyl (C=O) groups excluding carboxylic acids is 1. The highest BCUT2D eigenvalue weighted by Crippen LogP contribution is 2.26. The minimum Gasteiger partial charge on any atom is -0.484 e. The average molecular weight is 448 g/mol. The maximum atomic E-state index is 12.2. The van der Waals surface area contributed by atoms with Gasteiger partial charge in [0.25, 0.3) is 5.91 Å². The van der Waals surface area contributed by atoms with Crippen LogP contribution in [0.25, 0.3) is 0 Å². The van der Waals surface area contributed by atoms with Gasteiger partial charge in [-0.3, -0.25) is 4.79 Å². The molecule has 33 heavy (non-hydrogen) atoms. The van der Waals surface area contributed by atoms with E-state index in [2.05, 4.69) is 16.5 Å². The Hall–Kier alpha value is -3.37. The maximum absolute atomic E-state index is 12.2. The van der Waals surface area contributed by atoms with E-state index < -0.39 is 0 Å². The summed E-state index contributed by atoms with van der Waals surface area (Å²) in [4.78, 5) is 17.7. The fourth-order valence-corrected chi connectivity index (χ4v) is 4.09. The van der Waals surface area contributed by atoms with E-state index in [1.165, 1.54) is 0 Å². The zero-order valence-corrected chi connectivity index (χ0v) is 18.7. The third-order valence-corrected chi connectivity index (χ3v) is 6.04. The van der Waals surface area contributed by atoms with Crippen LogP contribution in [0.1, 0.15) is 47.9 Å². The summed E-state index contributed by atoms with van der Waals surface area (Å²) in [5, 5.41) is 16.2. The van der Waals surface area contributed by atoms with Crippen LogP contribution in [0.5, 0.6) is 5.75 Å². The summed E-state index contributed by atoms with van der Waals surface area (Å²) >= 11 is 0. The number of amides is 1. The van der Waals surface area contributed by atoms with Gasteiger partial charge in [0.1, 0.15) is 12.4 Å². The molecule has 7 nitrogen and oxygen atoms in total. The van der Waals surface area contributed by atoms with Crippen molar-refractivity contribution in [2.24, 2.45) is 11.1 Å². The monoisotopic (exact) mass is 447 g/mol. The van der Waals surface area contributed by atoms with Crippen LogP contribution in [0.4, 0.5) is 0 Å². The van der Waals surface area contributed by atoms with E-state index >= 15 is 0 Å². The first-order valence-corrected chi connectivity index (χ1v) is 11.5. The molecule has 0 spiro atoms. The molecule has 1 aliphatic heterocycles. The highest BCUT2D eigenvalue weighted by Gasteiger charge is 2.18. The molecule has 1 fully saturated rings. The van der Waals surface area contributed by atoms with Crippen LogP contribution in [0, 0.1) is 17.2 Å². The van der Waals surface area contributed by atoms with Gasteiger partial charge in [-0.05, 0) is 79.5 Å². The van der Waals surface area contributed by atoms with Crippen LogP contribution >= 0.6 is 0 Å². The van der Waals surface area contributed by atoms with E-state index in [9.17, 15) is 4.79 Å². The molecule has 0 aromatic heterocycles. The van der Waals surface area contributed by atoms with Gasteiger partial charge in [0, 0.05) is 25.3 Å². The third-order valence-electron chi connectivity index (χ3n) is 6.04. The van der Waals surface area contributed by atoms with Gasteiger partial charge >= 0.3 is 0 Å². The lowest BCUT2D eigenvalue weighted by atomic mass is 9.90. The Morgan fingerprint density at radius 2 is 1.97 bits per heavy atom. The van der Waals surface area contributed by atoms with E-state index in [4.69, 9.17) is 19.6 Å². The van der Waals surface area contributed by atoms with Crippen molar-refractivity contribution in [2.75, 3.05) is 26.4 Å². The summed E-state index contributed by atoms with van der Waals surface area (Å²) in [6, 6.07) is 15.3. The Morgan fingerprint density at radius 3 is 2.76 bits per heavy atom. The molecule has 0 unspecified atom stereocenters. The van der Waals surface area contributed by atoms with E-state index in [1.807, 2.05) is 30.3 Å². The van der Waals surface area contributed by atoms with Gasteiger partial charge in [0.15, 0.2) is 6.61 Å². The molecular weight excluding hydrogens is 418 g/mol. The third kappa shape index (κ3) is 6.56. The minimum atomic E-state index is -0.0994. The van der Waals surface area contributed by atoms with E-state index in [1.54, 1.807) is 12.1 Å². The quantitative estimate of drug-likeness (QED) is 0.623. The first kappa shape index (κ1) is 22.8. The molecule has 4 rings (SSSR count). The van der Waals surface area contributed by atoms with Gasteiger partial charge in [-0.1, -0.05) is 17.3 Å². The lowest BCUT2D eigenvalue weighted by Gasteiger charge is -2.22. The number of ether oxygens (including phenoxy) is 2. The number of nitriles is 1. The number of nitrogens with one attached hydrogen (secondary N) is 1. The summed E-state index contributed by atoms with van der Waals surface area (Å²) in [6.45, 7) is 2.60. The number of benzene rings is 2. The van der Waals surface area contributed by atoms with Crippen molar-refractivity contribution in [3.8, 4) is 11.8 Å². The van der Waals surface area contributed by atoms with Crippen molar-refractivity contribution < 1.29 is 19.1 Å². The smallest absolute Gasteiger partial charge is 0.257 e. The van der Waals surface area contributed by atoms with Crippen molar-refractivity contribution >= 4 is 11.6 Å². The van der Waals surface area contributed by atoms with Crippen LogP contribution in [-0.2, 0) is 27.4 Å². The van der Waals surface area contributed by atoms with Crippen LogP contribution in [0.15, 0.2) is 47.6 Å². The van der Waals surface area contributed by atoms with Crippen molar-refractivity contribution in [1.29, 1.82) is 5.26 Å². The number of nitrogens with zero attached hydrogens (tertiary/aromatic N) is 2. The maximum Gasteiger partial charge on any atom is 0.257 e. The minimum absolute atomic E-state index is 0.0106. The van der Waals surface area contributed by atoms with Gasteiger partial charge in [-0.25, -0.2) is 0 Å². The number of hydrogen-bond acceptors (Lipinski definition) is 6. The number of aryl methyl sites for hydroxylation is 1. The Kier molecular flexibility index (Phi) is 7.94. The number of hydrogen-bond donors (Lipinski definition) is 1. The molecule has 2 aromatic carbocycles. The van der Waals surface area contributed by atoms with E-state index in [-0.39, 0.29) is 12.5 Å². The number of carbonyl (C=O) groups is 1. The SMILES string of the molecule is N#Cc1ccc(CO/N=C2\CCCc3cc(OCC(=O)NCC4CCOCC4)ccc32)cc1. The second-order valence-electron chi connectivity index (χ2n) is 8.44. The molecule has 0 saturated carbocycles. The second kappa shape index (κ2) is 11.5. The van der Waals surface area contributed by atoms with Crippen molar-refractivity contribution in [1.82, 2.24) is 5.32 Å². The van der Waals surface area contributed by atoms with Crippen molar-refractivity contribution in [2.45, 2.75) is 38.7 Å². The Bertz CT molecular complexity index is 1020. The van der Waals surface area contributed by atoms with Gasteiger partial charge in [0.2, 0.25) is 0 Å². The van der Waals surface area contributed by atoms with E-state index in [0.29, 0.717) is 30.4 Å². The highest BCUT2D eigenvalue weighted by atomic mass is 16.6. The molecule has 2 aromatic rings. The summed E-state index contributed by atoms with van der Waals surface area (Å²) in [7, 11) is 0. The zero-order valence-electron chi connectivity index (χ0n) is 18.7. The molecular formula is C26H29N3O4. The fraction of sp³-hybridized carbons (Fsp3) is 0.423. The largest absolute Gasteiger partial charge is 0.484 e. The Labute approximate surface area is 194 Å². The molecule has 1 N–H and O–H groups in total. The van der Waals surface area contributed by atoms with Crippen LogP contribution in [0.3, 0.4) is 0 Å². The summed E-state index contributed by atoms with van der Waals surface area (Å²) in [5.41, 5.74) is 4.74. The topological polar surface area (TPSA) is 92.9 Å². The standard InChI is InChI=1S/C26H29N3O4/c27-15-19-4-6-21(7-5-19)17-33-29-25-3-1-2-22-14-23(8-9-24(22)25)32-18-26(30)28-16-20-10-12-31-13-11-20/h4-9,14,20H,1-3,10-13,16-18H2,(H,28,30)/b29-25+. The van der Waals surface area contributed by atoms with Gasteiger partial charge in [-0.15, -0.1) is 0 Å². The zero-order chi connectivity index (χ0) is 22.9. The lowest BCUT2D eigenvalue weighted by molar-refractivity contribution is -0.123. The molecule has 0 radical (unpaired) electrons. The molecule has 2 aliphatic rings. The molecule has 0 atom stereocenters. The molecule has 172 valence electrons. The van der Waals surface area contributed by atoms with Crippen LogP contribution in [0.2, 0.25) is 0 Å². The predicted octanol–water partition coefficient (Wildman–Crippen LogP) is 3.74. The fourth-order valence-electron chi connectivity index (χ4n) is 4.09. The highest BCUT2D eigenvalue weighted by molar-refractivity contribution is 6.02. The van der Waals surface area contributed by atoms with Crippen molar-refractivity contribution in [3.63, 3.8) is 0 Å². The number of oxime groups is 1. The van der Waals surface area contributed by atoms with Gasteiger partial charge < -0.3 is 19.6 Å². The van der Waals surface area contributed by atoms with Crippen LogP contribution < -0.4 is 10.1 Å². The van der Waals surface area contributed by atoms with Gasteiger partial charge in [-0.2, -0.15) is 5.26 Å². The number of fused-ring (bicyclic) bond motifs is 1. The Morgan fingerprint density at radius 1 is 1.15 bits per heavy atom.